The Bertz CT molecular complexity index is 444. The van der Waals surface area contributed by atoms with Crippen molar-refractivity contribution in [2.75, 3.05) is 25.9 Å². The molecule has 3 atom stereocenters. The van der Waals surface area contributed by atoms with E-state index in [4.69, 9.17) is 5.73 Å². The minimum Gasteiger partial charge on any atom is -0.365 e. The van der Waals surface area contributed by atoms with Gasteiger partial charge < -0.3 is 21.7 Å². The van der Waals surface area contributed by atoms with Crippen LogP contribution >= 0.6 is 11.8 Å². The molecular weight excluding hydrogens is 326 g/mol. The largest absolute Gasteiger partial charge is 0.365 e. The molecular formula is C16H31N5O2S. The van der Waals surface area contributed by atoms with Gasteiger partial charge in [-0.3, -0.25) is 14.6 Å². The quantitative estimate of drug-likeness (QED) is 0.448. The molecule has 8 heteroatoms. The van der Waals surface area contributed by atoms with Crippen molar-refractivity contribution in [1.82, 2.24) is 16.0 Å². The van der Waals surface area contributed by atoms with E-state index < -0.39 is 12.1 Å². The fourth-order valence-electron chi connectivity index (χ4n) is 2.33. The van der Waals surface area contributed by atoms with Crippen molar-refractivity contribution >= 4 is 28.7 Å². The van der Waals surface area contributed by atoms with E-state index in [0.29, 0.717) is 6.42 Å². The highest BCUT2D eigenvalue weighted by Crippen LogP contribution is 2.10. The van der Waals surface area contributed by atoms with E-state index >= 15 is 0 Å². The second-order valence-corrected chi connectivity index (χ2v) is 7.13. The Morgan fingerprint density at radius 1 is 1.38 bits per heavy atom. The first-order chi connectivity index (χ1) is 11.5. The van der Waals surface area contributed by atoms with Crippen LogP contribution in [-0.2, 0) is 9.59 Å². The van der Waals surface area contributed by atoms with E-state index in [2.05, 4.69) is 20.9 Å². The van der Waals surface area contributed by atoms with Gasteiger partial charge in [-0.15, -0.1) is 0 Å². The molecule has 5 N–H and O–H groups in total. The summed E-state index contributed by atoms with van der Waals surface area (Å²) in [5, 5.41) is 9.63. The molecule has 1 aliphatic heterocycles. The number of hydrogen-bond donors (Lipinski definition) is 4. The maximum Gasteiger partial charge on any atom is 0.242 e. The minimum atomic E-state index is -0.607. The van der Waals surface area contributed by atoms with Crippen molar-refractivity contribution in [3.63, 3.8) is 0 Å². The highest BCUT2D eigenvalue weighted by Gasteiger charge is 2.26. The van der Waals surface area contributed by atoms with Crippen LogP contribution in [0.3, 0.4) is 0 Å². The average molecular weight is 358 g/mol. The molecule has 0 bridgehead atoms. The molecule has 0 fully saturated rings. The molecule has 0 aromatic heterocycles. The highest BCUT2D eigenvalue weighted by atomic mass is 32.2. The van der Waals surface area contributed by atoms with Gasteiger partial charge in [-0.1, -0.05) is 32.0 Å². The van der Waals surface area contributed by atoms with Crippen LogP contribution in [0.25, 0.3) is 0 Å². The van der Waals surface area contributed by atoms with Gasteiger partial charge in [0.05, 0.1) is 6.04 Å². The Morgan fingerprint density at radius 3 is 2.71 bits per heavy atom. The summed E-state index contributed by atoms with van der Waals surface area (Å²) in [6.45, 7) is 5.56. The summed E-state index contributed by atoms with van der Waals surface area (Å²) in [7, 11) is 1.57. The summed E-state index contributed by atoms with van der Waals surface area (Å²) in [6.07, 6.45) is 3.28. The van der Waals surface area contributed by atoms with Crippen LogP contribution in [-0.4, -0.2) is 55.0 Å². The van der Waals surface area contributed by atoms with E-state index in [0.717, 1.165) is 43.3 Å². The number of nitrogens with one attached hydrogen (secondary N) is 3. The number of carbonyl (C=O) groups excluding carboxylic acids is 2. The molecule has 1 heterocycles. The molecule has 0 spiro atoms. The first kappa shape index (κ1) is 20.8. The molecule has 0 radical (unpaired) electrons. The first-order valence-corrected chi connectivity index (χ1v) is 9.66. The van der Waals surface area contributed by atoms with E-state index in [-0.39, 0.29) is 17.7 Å². The standard InChI is InChI=1S/C16H31N5O2S/c1-4-11(2)13(15(23)18-3)21-14(22)12(17)7-5-8-19-16-20-9-6-10-24-16/h11-13H,4-10,17H2,1-3H3,(H,18,23)(H,19,20)(H,21,22)/t11-,12-,13-/m0/s1. The smallest absolute Gasteiger partial charge is 0.242 e. The zero-order valence-corrected chi connectivity index (χ0v) is 15.7. The number of likely N-dealkylation sites (N-methyl/N-ethyl adjacent to an activating group) is 1. The summed E-state index contributed by atoms with van der Waals surface area (Å²) >= 11 is 1.73. The predicted octanol–water partition coefficient (Wildman–Crippen LogP) is 0.453. The second-order valence-electron chi connectivity index (χ2n) is 6.05. The summed E-state index contributed by atoms with van der Waals surface area (Å²) < 4.78 is 0. The number of amides is 2. The molecule has 0 unspecified atom stereocenters. The van der Waals surface area contributed by atoms with Gasteiger partial charge >= 0.3 is 0 Å². The van der Waals surface area contributed by atoms with Gasteiger partial charge in [-0.25, -0.2) is 0 Å². The number of nitrogens with zero attached hydrogens (tertiary/aromatic N) is 1. The van der Waals surface area contributed by atoms with Crippen LogP contribution in [0.5, 0.6) is 0 Å². The zero-order valence-electron chi connectivity index (χ0n) is 14.9. The Hall–Kier alpha value is -1.28. The third-order valence-corrected chi connectivity index (χ3v) is 5.18. The molecule has 138 valence electrons. The number of aliphatic imine (C=N–C) groups is 1. The van der Waals surface area contributed by atoms with Crippen LogP contribution in [0, 0.1) is 5.92 Å². The fraction of sp³-hybridized carbons (Fsp3) is 0.812. The summed E-state index contributed by atoms with van der Waals surface area (Å²) in [5.74, 6) is 0.709. The van der Waals surface area contributed by atoms with Gasteiger partial charge in [0, 0.05) is 25.9 Å². The van der Waals surface area contributed by atoms with Gasteiger partial charge in [-0.2, -0.15) is 0 Å². The predicted molar refractivity (Wildman–Crippen MR) is 100 cm³/mol. The topological polar surface area (TPSA) is 109 Å². The Balaban J connectivity index is 2.34. The van der Waals surface area contributed by atoms with Crippen LogP contribution in [0.15, 0.2) is 4.99 Å². The highest BCUT2D eigenvalue weighted by molar-refractivity contribution is 8.13. The lowest BCUT2D eigenvalue weighted by Gasteiger charge is -2.24. The van der Waals surface area contributed by atoms with Crippen LogP contribution in [0.2, 0.25) is 0 Å². The first-order valence-electron chi connectivity index (χ1n) is 8.68. The van der Waals surface area contributed by atoms with E-state index in [1.807, 2.05) is 13.8 Å². The lowest BCUT2D eigenvalue weighted by molar-refractivity contribution is -0.130. The van der Waals surface area contributed by atoms with E-state index in [1.165, 1.54) is 0 Å². The molecule has 0 aromatic rings. The fourth-order valence-corrected chi connectivity index (χ4v) is 3.19. The third kappa shape index (κ3) is 7.09. The molecule has 2 amide bonds. The minimum absolute atomic E-state index is 0.0594. The van der Waals surface area contributed by atoms with Crippen molar-refractivity contribution < 1.29 is 9.59 Å². The van der Waals surface area contributed by atoms with Crippen LogP contribution in [0.1, 0.15) is 39.5 Å². The van der Waals surface area contributed by atoms with Crippen molar-refractivity contribution in [3.05, 3.63) is 0 Å². The lowest BCUT2D eigenvalue weighted by Crippen LogP contribution is -2.53. The van der Waals surface area contributed by atoms with Gasteiger partial charge in [0.15, 0.2) is 5.17 Å². The second kappa shape index (κ2) is 11.3. The average Bonchev–Trinajstić information content (AvgIpc) is 2.62. The van der Waals surface area contributed by atoms with E-state index in [1.54, 1.807) is 18.8 Å². The normalized spacial score (nSPS) is 18.1. The number of carbonyl (C=O) groups is 2. The number of thioether (sulfide) groups is 1. The van der Waals surface area contributed by atoms with Crippen LogP contribution in [0.4, 0.5) is 0 Å². The Morgan fingerprint density at radius 2 is 2.12 bits per heavy atom. The monoisotopic (exact) mass is 357 g/mol. The van der Waals surface area contributed by atoms with Crippen molar-refractivity contribution in [2.24, 2.45) is 16.6 Å². The maximum absolute atomic E-state index is 12.2. The maximum atomic E-state index is 12.2. The molecule has 0 saturated heterocycles. The molecule has 24 heavy (non-hydrogen) atoms. The summed E-state index contributed by atoms with van der Waals surface area (Å²) in [4.78, 5) is 28.5. The molecule has 1 aliphatic rings. The number of nitrogens with two attached hydrogens (primary N) is 1. The lowest BCUT2D eigenvalue weighted by atomic mass is 9.97. The third-order valence-electron chi connectivity index (χ3n) is 4.14. The van der Waals surface area contributed by atoms with Crippen LogP contribution < -0.4 is 21.7 Å². The molecule has 0 aliphatic carbocycles. The molecule has 0 saturated carbocycles. The number of rotatable bonds is 9. The molecule has 7 nitrogen and oxygen atoms in total. The Kier molecular flexibility index (Phi) is 9.78. The van der Waals surface area contributed by atoms with Crippen molar-refractivity contribution in [2.45, 2.75) is 51.6 Å². The summed E-state index contributed by atoms with van der Waals surface area (Å²) in [6, 6.07) is -1.14. The number of hydrogen-bond acceptors (Lipinski definition) is 6. The van der Waals surface area contributed by atoms with Crippen molar-refractivity contribution in [1.29, 1.82) is 0 Å². The molecule has 0 aromatic carbocycles. The zero-order chi connectivity index (χ0) is 17.9. The van der Waals surface area contributed by atoms with Gasteiger partial charge in [0.1, 0.15) is 6.04 Å². The SMILES string of the molecule is CC[C@H](C)[C@H](NC(=O)[C@@H](N)CCCNC1=NCCCS1)C(=O)NC. The van der Waals surface area contributed by atoms with E-state index in [9.17, 15) is 9.59 Å². The Labute approximate surface area is 149 Å². The number of amidine groups is 1. The molecule has 1 rings (SSSR count). The van der Waals surface area contributed by atoms with Gasteiger partial charge in [0.2, 0.25) is 11.8 Å². The van der Waals surface area contributed by atoms with Crippen molar-refractivity contribution in [3.8, 4) is 0 Å². The summed E-state index contributed by atoms with van der Waals surface area (Å²) in [5.41, 5.74) is 5.96. The van der Waals surface area contributed by atoms with Gasteiger partial charge in [-0.05, 0) is 25.2 Å². The van der Waals surface area contributed by atoms with Gasteiger partial charge in [0.25, 0.3) is 0 Å².